The van der Waals surface area contributed by atoms with Gasteiger partial charge in [-0.15, -0.1) is 0 Å². The average molecular weight is 301 g/mol. The first-order valence-corrected chi connectivity index (χ1v) is 8.58. The molecular formula is C19H27NO2. The summed E-state index contributed by atoms with van der Waals surface area (Å²) in [4.78, 5) is 15.2. The molecule has 22 heavy (non-hydrogen) atoms. The second kappa shape index (κ2) is 6.04. The van der Waals surface area contributed by atoms with Crippen molar-refractivity contribution in [2.24, 2.45) is 5.92 Å². The van der Waals surface area contributed by atoms with Crippen LogP contribution in [0.3, 0.4) is 0 Å². The van der Waals surface area contributed by atoms with E-state index in [0.29, 0.717) is 5.92 Å². The van der Waals surface area contributed by atoms with Crippen molar-refractivity contribution < 1.29 is 9.90 Å². The highest BCUT2D eigenvalue weighted by molar-refractivity contribution is 5.88. The van der Waals surface area contributed by atoms with Gasteiger partial charge in [0.15, 0.2) is 0 Å². The van der Waals surface area contributed by atoms with E-state index in [1.165, 1.54) is 11.1 Å². The highest BCUT2D eigenvalue weighted by Gasteiger charge is 2.42. The van der Waals surface area contributed by atoms with Crippen molar-refractivity contribution in [2.45, 2.75) is 57.5 Å². The molecule has 3 nitrogen and oxygen atoms in total. The molecule has 0 aromatic heterocycles. The van der Waals surface area contributed by atoms with Gasteiger partial charge in [0, 0.05) is 13.1 Å². The Labute approximate surface area is 133 Å². The number of hydrogen-bond acceptors (Lipinski definition) is 2. The molecule has 1 amide bonds. The van der Waals surface area contributed by atoms with Crippen LogP contribution in [0.5, 0.6) is 0 Å². The third kappa shape index (κ3) is 2.67. The largest absolute Gasteiger partial charge is 0.393 e. The number of piperidine rings is 1. The van der Waals surface area contributed by atoms with Crippen molar-refractivity contribution in [1.29, 1.82) is 0 Å². The molecule has 1 aromatic carbocycles. The number of hydrogen-bond donors (Lipinski definition) is 1. The molecule has 3 rings (SSSR count). The highest BCUT2D eigenvalue weighted by atomic mass is 16.3. The molecule has 2 aliphatic rings. The lowest BCUT2D eigenvalue weighted by atomic mass is 9.70. The maximum atomic E-state index is 13.2. The van der Waals surface area contributed by atoms with Crippen LogP contribution < -0.4 is 0 Å². The number of rotatable bonds is 2. The molecule has 1 saturated heterocycles. The lowest BCUT2D eigenvalue weighted by Gasteiger charge is -2.41. The molecule has 2 unspecified atom stereocenters. The monoisotopic (exact) mass is 301 g/mol. The Hall–Kier alpha value is -1.35. The Morgan fingerprint density at radius 2 is 2.00 bits per heavy atom. The van der Waals surface area contributed by atoms with Crippen LogP contribution in [0.4, 0.5) is 0 Å². The maximum Gasteiger partial charge on any atom is 0.232 e. The van der Waals surface area contributed by atoms with E-state index in [0.717, 1.165) is 45.2 Å². The van der Waals surface area contributed by atoms with Gasteiger partial charge in [-0.1, -0.05) is 24.3 Å². The molecule has 1 fully saturated rings. The molecule has 1 aliphatic carbocycles. The Bertz CT molecular complexity index is 546. The van der Waals surface area contributed by atoms with Crippen LogP contribution in [0.25, 0.3) is 0 Å². The fraction of sp³-hybridized carbons (Fsp3) is 0.632. The van der Waals surface area contributed by atoms with Crippen LogP contribution in [0.1, 0.15) is 50.7 Å². The van der Waals surface area contributed by atoms with Gasteiger partial charge in [0.05, 0.1) is 11.5 Å². The van der Waals surface area contributed by atoms with Gasteiger partial charge in [-0.05, 0) is 63.0 Å². The molecular weight excluding hydrogens is 274 g/mol. The maximum absolute atomic E-state index is 13.2. The fourth-order valence-corrected chi connectivity index (χ4v) is 4.20. The van der Waals surface area contributed by atoms with Gasteiger partial charge in [0.25, 0.3) is 0 Å². The SMILES string of the molecule is CC(O)C1CCN(C(=O)C2(C)CCCc3ccccc32)CC1. The number of fused-ring (bicyclic) bond motifs is 1. The van der Waals surface area contributed by atoms with E-state index in [2.05, 4.69) is 31.2 Å². The number of carbonyl (C=O) groups is 1. The lowest BCUT2D eigenvalue weighted by Crippen LogP contribution is -2.50. The number of aryl methyl sites for hydroxylation is 1. The standard InChI is InChI=1S/C19H27NO2/c1-14(21)15-9-12-20(13-10-15)18(22)19(2)11-5-7-16-6-3-4-8-17(16)19/h3-4,6,8,14-15,21H,5,7,9-13H2,1-2H3. The quantitative estimate of drug-likeness (QED) is 0.912. The predicted molar refractivity (Wildman–Crippen MR) is 87.7 cm³/mol. The van der Waals surface area contributed by atoms with Crippen molar-refractivity contribution >= 4 is 5.91 Å². The third-order valence-corrected chi connectivity index (χ3v) is 5.72. The summed E-state index contributed by atoms with van der Waals surface area (Å²) in [6, 6.07) is 8.42. The summed E-state index contributed by atoms with van der Waals surface area (Å²) < 4.78 is 0. The van der Waals surface area contributed by atoms with E-state index in [9.17, 15) is 9.90 Å². The average Bonchev–Trinajstić information content (AvgIpc) is 2.55. The second-order valence-electron chi connectivity index (χ2n) is 7.21. The molecule has 0 spiro atoms. The summed E-state index contributed by atoms with van der Waals surface area (Å²) in [7, 11) is 0. The Kier molecular flexibility index (Phi) is 4.26. The van der Waals surface area contributed by atoms with Crippen LogP contribution in [0.15, 0.2) is 24.3 Å². The zero-order chi connectivity index (χ0) is 15.7. The molecule has 120 valence electrons. The zero-order valence-corrected chi connectivity index (χ0v) is 13.7. The van der Waals surface area contributed by atoms with Crippen LogP contribution in [0.2, 0.25) is 0 Å². The minimum Gasteiger partial charge on any atom is -0.393 e. The van der Waals surface area contributed by atoms with Gasteiger partial charge in [-0.2, -0.15) is 0 Å². The fourth-order valence-electron chi connectivity index (χ4n) is 4.20. The summed E-state index contributed by atoms with van der Waals surface area (Å²) in [6.45, 7) is 5.55. The van der Waals surface area contributed by atoms with Crippen LogP contribution in [-0.4, -0.2) is 35.1 Å². The number of aliphatic hydroxyl groups is 1. The first-order valence-electron chi connectivity index (χ1n) is 8.58. The number of nitrogens with zero attached hydrogens (tertiary/aromatic N) is 1. The molecule has 1 aromatic rings. The normalized spacial score (nSPS) is 27.3. The summed E-state index contributed by atoms with van der Waals surface area (Å²) in [5.74, 6) is 0.624. The predicted octanol–water partition coefficient (Wildman–Crippen LogP) is 2.90. The van der Waals surface area contributed by atoms with Crippen LogP contribution in [0, 0.1) is 5.92 Å². The molecule has 1 heterocycles. The molecule has 0 radical (unpaired) electrons. The topological polar surface area (TPSA) is 40.5 Å². The van der Waals surface area contributed by atoms with Gasteiger partial charge in [0.2, 0.25) is 5.91 Å². The van der Waals surface area contributed by atoms with Crippen molar-refractivity contribution in [3.05, 3.63) is 35.4 Å². The van der Waals surface area contributed by atoms with E-state index < -0.39 is 0 Å². The van der Waals surface area contributed by atoms with Gasteiger partial charge in [-0.3, -0.25) is 4.79 Å². The number of likely N-dealkylation sites (tertiary alicyclic amines) is 1. The molecule has 0 bridgehead atoms. The third-order valence-electron chi connectivity index (χ3n) is 5.72. The summed E-state index contributed by atoms with van der Waals surface area (Å²) >= 11 is 0. The van der Waals surface area contributed by atoms with Crippen molar-refractivity contribution in [3.63, 3.8) is 0 Å². The second-order valence-corrected chi connectivity index (χ2v) is 7.21. The number of aliphatic hydroxyl groups excluding tert-OH is 1. The number of benzene rings is 1. The minimum atomic E-state index is -0.369. The molecule has 1 N–H and O–H groups in total. The van der Waals surface area contributed by atoms with Crippen LogP contribution >= 0.6 is 0 Å². The van der Waals surface area contributed by atoms with Crippen molar-refractivity contribution in [2.75, 3.05) is 13.1 Å². The van der Waals surface area contributed by atoms with E-state index in [1.807, 2.05) is 11.8 Å². The molecule has 2 atom stereocenters. The smallest absolute Gasteiger partial charge is 0.232 e. The Balaban J connectivity index is 1.78. The van der Waals surface area contributed by atoms with Gasteiger partial charge in [0.1, 0.15) is 0 Å². The molecule has 1 aliphatic heterocycles. The Morgan fingerprint density at radius 1 is 1.32 bits per heavy atom. The first-order chi connectivity index (χ1) is 10.5. The van der Waals surface area contributed by atoms with E-state index in [4.69, 9.17) is 0 Å². The van der Waals surface area contributed by atoms with Gasteiger partial charge < -0.3 is 10.0 Å². The van der Waals surface area contributed by atoms with Gasteiger partial charge in [-0.25, -0.2) is 0 Å². The summed E-state index contributed by atoms with van der Waals surface area (Å²) in [5.41, 5.74) is 2.19. The molecule has 0 saturated carbocycles. The lowest BCUT2D eigenvalue weighted by molar-refractivity contribution is -0.139. The minimum absolute atomic E-state index is 0.261. The number of amides is 1. The Morgan fingerprint density at radius 3 is 2.68 bits per heavy atom. The van der Waals surface area contributed by atoms with E-state index >= 15 is 0 Å². The van der Waals surface area contributed by atoms with E-state index in [-0.39, 0.29) is 17.4 Å². The van der Waals surface area contributed by atoms with Crippen LogP contribution in [-0.2, 0) is 16.6 Å². The number of carbonyl (C=O) groups excluding carboxylic acids is 1. The summed E-state index contributed by atoms with van der Waals surface area (Å²) in [5, 5.41) is 9.73. The highest BCUT2D eigenvalue weighted by Crippen LogP contribution is 2.39. The van der Waals surface area contributed by atoms with Crippen molar-refractivity contribution in [1.82, 2.24) is 4.90 Å². The van der Waals surface area contributed by atoms with Gasteiger partial charge >= 0.3 is 0 Å². The molecule has 3 heteroatoms. The van der Waals surface area contributed by atoms with E-state index in [1.54, 1.807) is 0 Å². The zero-order valence-electron chi connectivity index (χ0n) is 13.7. The van der Waals surface area contributed by atoms with Crippen molar-refractivity contribution in [3.8, 4) is 0 Å². The summed E-state index contributed by atoms with van der Waals surface area (Å²) in [6.07, 6.45) is 4.69. The first kappa shape index (κ1) is 15.5.